The van der Waals surface area contributed by atoms with Gasteiger partial charge in [0.15, 0.2) is 6.10 Å². The summed E-state index contributed by atoms with van der Waals surface area (Å²) in [6.45, 7) is 6.30. The molecule has 0 rings (SSSR count). The number of rotatable bonds is 56. The summed E-state index contributed by atoms with van der Waals surface area (Å²) < 4.78 is 16.8. The quantitative estimate of drug-likeness (QED) is 0.0261. The number of carbonyl (C=O) groups excluding carboxylic acids is 3. The monoisotopic (exact) mass is 1090 g/mol. The van der Waals surface area contributed by atoms with Gasteiger partial charge in [0.1, 0.15) is 13.2 Å². The molecular weight excluding hydrogens is 973 g/mol. The molecule has 79 heavy (non-hydrogen) atoms. The molecule has 0 spiro atoms. The summed E-state index contributed by atoms with van der Waals surface area (Å²) in [6.07, 6.45) is 95.5. The van der Waals surface area contributed by atoms with E-state index in [1.54, 1.807) is 0 Å². The van der Waals surface area contributed by atoms with Gasteiger partial charge in [-0.25, -0.2) is 0 Å². The van der Waals surface area contributed by atoms with Crippen LogP contribution in [0, 0.1) is 0 Å². The van der Waals surface area contributed by atoms with Crippen LogP contribution in [-0.4, -0.2) is 37.2 Å². The molecule has 6 heteroatoms. The van der Waals surface area contributed by atoms with Gasteiger partial charge in [-0.3, -0.25) is 14.4 Å². The summed E-state index contributed by atoms with van der Waals surface area (Å²) in [6, 6.07) is 0. The molecule has 0 aliphatic heterocycles. The Labute approximate surface area is 486 Å². The van der Waals surface area contributed by atoms with E-state index in [0.29, 0.717) is 19.3 Å². The second kappa shape index (κ2) is 65.5. The Morgan fingerprint density at radius 2 is 0.519 bits per heavy atom. The van der Waals surface area contributed by atoms with Crippen LogP contribution in [0.3, 0.4) is 0 Å². The Kier molecular flexibility index (Phi) is 61.4. The summed E-state index contributed by atoms with van der Waals surface area (Å²) in [4.78, 5) is 38.3. The van der Waals surface area contributed by atoms with E-state index >= 15 is 0 Å². The van der Waals surface area contributed by atoms with Crippen molar-refractivity contribution in [2.45, 2.75) is 271 Å². The van der Waals surface area contributed by atoms with Gasteiger partial charge < -0.3 is 14.2 Å². The van der Waals surface area contributed by atoms with Crippen LogP contribution >= 0.6 is 0 Å². The lowest BCUT2D eigenvalue weighted by molar-refractivity contribution is -0.166. The van der Waals surface area contributed by atoms with E-state index in [4.69, 9.17) is 14.2 Å². The summed E-state index contributed by atoms with van der Waals surface area (Å²) in [5.41, 5.74) is 0. The van der Waals surface area contributed by atoms with E-state index < -0.39 is 6.10 Å². The van der Waals surface area contributed by atoms with Crippen LogP contribution in [0.1, 0.15) is 265 Å². The maximum Gasteiger partial charge on any atom is 0.306 e. The van der Waals surface area contributed by atoms with Crippen molar-refractivity contribution in [3.05, 3.63) is 158 Å². The van der Waals surface area contributed by atoms with E-state index in [9.17, 15) is 14.4 Å². The fraction of sp³-hybridized carbons (Fsp3) is 0.603. The average Bonchev–Trinajstić information content (AvgIpc) is 3.45. The third kappa shape index (κ3) is 63.7. The Morgan fingerprint density at radius 1 is 0.266 bits per heavy atom. The largest absolute Gasteiger partial charge is 0.462 e. The van der Waals surface area contributed by atoms with Crippen LogP contribution in [-0.2, 0) is 28.6 Å². The molecule has 0 bridgehead atoms. The zero-order chi connectivity index (χ0) is 57.1. The molecule has 0 aliphatic carbocycles. The minimum Gasteiger partial charge on any atom is -0.462 e. The second-order valence-corrected chi connectivity index (χ2v) is 20.5. The Bertz CT molecular complexity index is 1780. The van der Waals surface area contributed by atoms with E-state index in [1.165, 1.54) is 96.3 Å². The highest BCUT2D eigenvalue weighted by Crippen LogP contribution is 2.15. The predicted molar refractivity (Wildman–Crippen MR) is 343 cm³/mol. The zero-order valence-corrected chi connectivity index (χ0v) is 50.8. The van der Waals surface area contributed by atoms with Crippen LogP contribution in [0.15, 0.2) is 158 Å². The highest BCUT2D eigenvalue weighted by Gasteiger charge is 2.19. The van der Waals surface area contributed by atoms with Crippen molar-refractivity contribution >= 4 is 17.9 Å². The Balaban J connectivity index is 4.47. The van der Waals surface area contributed by atoms with Gasteiger partial charge in [-0.15, -0.1) is 0 Å². The lowest BCUT2D eigenvalue weighted by Gasteiger charge is -2.18. The molecule has 0 aromatic rings. The first-order valence-corrected chi connectivity index (χ1v) is 32.0. The van der Waals surface area contributed by atoms with Crippen LogP contribution in [0.25, 0.3) is 0 Å². The average molecular weight is 1090 g/mol. The molecule has 0 radical (unpaired) electrons. The van der Waals surface area contributed by atoms with Crippen LogP contribution < -0.4 is 0 Å². The van der Waals surface area contributed by atoms with Crippen LogP contribution in [0.2, 0.25) is 0 Å². The number of allylic oxidation sites excluding steroid dienone is 26. The zero-order valence-electron chi connectivity index (χ0n) is 50.8. The lowest BCUT2D eigenvalue weighted by atomic mass is 10.0. The van der Waals surface area contributed by atoms with Crippen molar-refractivity contribution in [3.8, 4) is 0 Å². The fourth-order valence-corrected chi connectivity index (χ4v) is 8.29. The van der Waals surface area contributed by atoms with Crippen molar-refractivity contribution in [2.24, 2.45) is 0 Å². The minimum absolute atomic E-state index is 0.125. The molecule has 0 amide bonds. The first kappa shape index (κ1) is 74.0. The van der Waals surface area contributed by atoms with E-state index in [2.05, 4.69) is 167 Å². The molecule has 1 atom stereocenters. The van der Waals surface area contributed by atoms with E-state index in [1.807, 2.05) is 12.2 Å². The number of carbonyl (C=O) groups is 3. The van der Waals surface area contributed by atoms with E-state index in [-0.39, 0.29) is 37.5 Å². The number of hydrogen-bond acceptors (Lipinski definition) is 6. The van der Waals surface area contributed by atoms with E-state index in [0.717, 1.165) is 122 Å². The normalized spacial score (nSPS) is 13.2. The van der Waals surface area contributed by atoms with Crippen LogP contribution in [0.5, 0.6) is 0 Å². The predicted octanol–water partition coefficient (Wildman–Crippen LogP) is 22.1. The highest BCUT2D eigenvalue weighted by atomic mass is 16.6. The molecule has 0 heterocycles. The summed E-state index contributed by atoms with van der Waals surface area (Å²) >= 11 is 0. The molecule has 444 valence electrons. The summed E-state index contributed by atoms with van der Waals surface area (Å²) in [5, 5.41) is 0. The first-order valence-electron chi connectivity index (χ1n) is 32.0. The maximum absolute atomic E-state index is 12.9. The van der Waals surface area contributed by atoms with Gasteiger partial charge in [0.05, 0.1) is 0 Å². The fourth-order valence-electron chi connectivity index (χ4n) is 8.29. The number of hydrogen-bond donors (Lipinski definition) is 0. The maximum atomic E-state index is 12.9. The molecule has 0 aromatic heterocycles. The van der Waals surface area contributed by atoms with Crippen molar-refractivity contribution in [3.63, 3.8) is 0 Å². The molecule has 1 unspecified atom stereocenters. The lowest BCUT2D eigenvalue weighted by Crippen LogP contribution is -2.30. The second-order valence-electron chi connectivity index (χ2n) is 20.5. The Morgan fingerprint density at radius 3 is 0.861 bits per heavy atom. The molecule has 0 aliphatic rings. The van der Waals surface area contributed by atoms with Gasteiger partial charge in [-0.05, 0) is 135 Å². The third-order valence-electron chi connectivity index (χ3n) is 13.0. The van der Waals surface area contributed by atoms with Crippen molar-refractivity contribution in [1.29, 1.82) is 0 Å². The van der Waals surface area contributed by atoms with Gasteiger partial charge in [0, 0.05) is 19.3 Å². The number of esters is 3. The van der Waals surface area contributed by atoms with Gasteiger partial charge in [0.2, 0.25) is 0 Å². The number of unbranched alkanes of at least 4 members (excludes halogenated alkanes) is 19. The standard InChI is InChI=1S/C73H116O6/c1-4-7-10-13-16-19-22-25-27-29-31-33-35-36-38-39-41-43-45-48-51-54-57-60-63-66-72(75)78-69-70(68-77-71(74)65-62-59-56-53-50-47-24-21-18-15-12-9-6-3)79-73(76)67-64-61-58-55-52-49-46-44-42-40-37-34-32-30-28-26-23-20-17-14-11-8-5-2/h7,9-10,12,16,18-19,21,23,25-27,30-33,36,38,41,43,47-48,50-51,56,59,70H,4-6,8,11,13-15,17,20,22,24,28-29,34-35,37,39-40,42,44-46,49,52-55,57-58,60-69H2,1-3H3/b10-7-,12-9-,19-16-,21-18-,26-23-,27-25-,32-30-,33-31-,38-36-,43-41-,50-47-,51-48-,59-56-. The van der Waals surface area contributed by atoms with Gasteiger partial charge >= 0.3 is 17.9 Å². The van der Waals surface area contributed by atoms with Gasteiger partial charge in [-0.2, -0.15) is 0 Å². The number of ether oxygens (including phenoxy) is 3. The molecule has 0 N–H and O–H groups in total. The SMILES string of the molecule is CC/C=C\C/C=C\C/C=C\C/C=C\C/C=C\C/C=C\C/C=C\CCCCCC(=O)OCC(COC(=O)CC/C=C\C/C=C\C/C=C\C/C=C\CC)OC(=O)CCCCCCCCCCCCC/C=C\C/C=C\CCCCCCC. The van der Waals surface area contributed by atoms with Crippen molar-refractivity contribution in [2.75, 3.05) is 13.2 Å². The van der Waals surface area contributed by atoms with Crippen molar-refractivity contribution < 1.29 is 28.6 Å². The summed E-state index contributed by atoms with van der Waals surface area (Å²) in [7, 11) is 0. The summed E-state index contributed by atoms with van der Waals surface area (Å²) in [5.74, 6) is -1.04. The first-order chi connectivity index (χ1) is 39.0. The topological polar surface area (TPSA) is 78.9 Å². The molecule has 0 saturated heterocycles. The molecule has 6 nitrogen and oxygen atoms in total. The highest BCUT2D eigenvalue weighted by molar-refractivity contribution is 5.71. The van der Waals surface area contributed by atoms with Gasteiger partial charge in [0.25, 0.3) is 0 Å². The smallest absolute Gasteiger partial charge is 0.306 e. The van der Waals surface area contributed by atoms with Gasteiger partial charge in [-0.1, -0.05) is 269 Å². The molecule has 0 saturated carbocycles. The minimum atomic E-state index is -0.831. The molecular formula is C73H116O6. The Hall–Kier alpha value is -4.97. The molecule has 0 fully saturated rings. The van der Waals surface area contributed by atoms with Crippen LogP contribution in [0.4, 0.5) is 0 Å². The van der Waals surface area contributed by atoms with Crippen molar-refractivity contribution in [1.82, 2.24) is 0 Å². The molecule has 0 aromatic carbocycles. The third-order valence-corrected chi connectivity index (χ3v) is 13.0.